The maximum Gasteiger partial charge on any atom is 0.327 e. The van der Waals surface area contributed by atoms with E-state index in [0.29, 0.717) is 22.7 Å². The number of benzene rings is 2. The van der Waals surface area contributed by atoms with Gasteiger partial charge in [-0.25, -0.2) is 18.2 Å². The van der Waals surface area contributed by atoms with Crippen molar-refractivity contribution in [2.75, 3.05) is 44.8 Å². The molecule has 4 rings (SSSR count). The predicted octanol–water partition coefficient (Wildman–Crippen LogP) is 4.10. The number of carbonyl (C=O) groups is 2. The van der Waals surface area contributed by atoms with Crippen molar-refractivity contribution in [3.63, 3.8) is 0 Å². The molecule has 0 saturated carbocycles. The summed E-state index contributed by atoms with van der Waals surface area (Å²) in [5, 5.41) is 5.22. The molecule has 1 aliphatic heterocycles. The van der Waals surface area contributed by atoms with Crippen LogP contribution in [0.3, 0.4) is 0 Å². The van der Waals surface area contributed by atoms with Gasteiger partial charge in [-0.15, -0.1) is 0 Å². The molecule has 3 aromatic rings. The number of fused-ring (bicyclic) bond motifs is 1. The number of sulfone groups is 1. The summed E-state index contributed by atoms with van der Waals surface area (Å²) < 4.78 is 26.5. The largest absolute Gasteiger partial charge is 0.327 e. The van der Waals surface area contributed by atoms with Gasteiger partial charge in [-0.3, -0.25) is 15.4 Å². The molecule has 0 spiro atoms. The maximum atomic E-state index is 13.0. The summed E-state index contributed by atoms with van der Waals surface area (Å²) in [5.41, 5.74) is 0.733. The van der Waals surface area contributed by atoms with Crippen molar-refractivity contribution in [3.8, 4) is 0 Å². The summed E-state index contributed by atoms with van der Waals surface area (Å²) >= 11 is 7.13. The van der Waals surface area contributed by atoms with Crippen LogP contribution in [0.4, 0.5) is 9.93 Å². The Kier molecular flexibility index (Phi) is 8.81. The minimum absolute atomic E-state index is 0.0720. The highest BCUT2D eigenvalue weighted by Crippen LogP contribution is 2.29. The third-order valence-electron chi connectivity index (χ3n) is 6.46. The van der Waals surface area contributed by atoms with E-state index in [-0.39, 0.29) is 26.4 Å². The summed E-state index contributed by atoms with van der Waals surface area (Å²) in [6.07, 6.45) is 2.77. The summed E-state index contributed by atoms with van der Waals surface area (Å²) in [7, 11) is 0.748. The van der Waals surface area contributed by atoms with E-state index in [2.05, 4.69) is 39.5 Å². The summed E-state index contributed by atoms with van der Waals surface area (Å²) in [6.45, 7) is 2.74. The number of piperidine rings is 1. The lowest BCUT2D eigenvalue weighted by atomic mass is 10.0. The van der Waals surface area contributed by atoms with Crippen LogP contribution in [0, 0.1) is 0 Å². The van der Waals surface area contributed by atoms with Crippen LogP contribution in [0.2, 0.25) is 5.02 Å². The molecule has 0 unspecified atom stereocenters. The summed E-state index contributed by atoms with van der Waals surface area (Å²) in [5.74, 6) is -0.567. The minimum atomic E-state index is -3.45. The summed E-state index contributed by atoms with van der Waals surface area (Å²) in [6, 6.07) is 11.0. The first kappa shape index (κ1) is 27.5. The first-order valence-corrected chi connectivity index (χ1v) is 14.9. The standard InChI is InChI=1S/C25H30ClN5O4S2/c1-30(2)17-10-13-31(14-11-17)12-5-15-37(34,35)18-8-9-21-22(16-18)36-25(27-21)29-24(33)28-23(32)19-6-3-4-7-20(19)26/h3-4,6-9,16-17H,5,10-15H2,1-2H3,(H2,27,28,29,32,33). The van der Waals surface area contributed by atoms with Gasteiger partial charge in [-0.1, -0.05) is 35.1 Å². The maximum absolute atomic E-state index is 13.0. The molecule has 0 aliphatic carbocycles. The minimum Gasteiger partial charge on any atom is -0.306 e. The van der Waals surface area contributed by atoms with Gasteiger partial charge in [0, 0.05) is 6.04 Å². The van der Waals surface area contributed by atoms with Gasteiger partial charge < -0.3 is 9.80 Å². The molecule has 0 radical (unpaired) electrons. The number of nitrogens with zero attached hydrogens (tertiary/aromatic N) is 3. The molecule has 9 nitrogen and oxygen atoms in total. The van der Waals surface area contributed by atoms with Crippen LogP contribution < -0.4 is 10.6 Å². The fraction of sp³-hybridized carbons (Fsp3) is 0.400. The van der Waals surface area contributed by atoms with Crippen LogP contribution in [0.1, 0.15) is 29.6 Å². The molecule has 1 saturated heterocycles. The lowest BCUT2D eigenvalue weighted by Crippen LogP contribution is -2.42. The highest BCUT2D eigenvalue weighted by Gasteiger charge is 2.22. The van der Waals surface area contributed by atoms with Crippen molar-refractivity contribution in [1.29, 1.82) is 0 Å². The SMILES string of the molecule is CN(C)C1CCN(CCCS(=O)(=O)c2ccc3nc(NC(=O)NC(=O)c4ccccc4Cl)sc3c2)CC1. The Labute approximate surface area is 225 Å². The number of nitrogens with one attached hydrogen (secondary N) is 2. The van der Waals surface area contributed by atoms with Gasteiger partial charge >= 0.3 is 6.03 Å². The Morgan fingerprint density at radius 1 is 1.16 bits per heavy atom. The van der Waals surface area contributed by atoms with Gasteiger partial charge in [0.05, 0.1) is 31.5 Å². The Hall–Kier alpha value is -2.57. The second-order valence-electron chi connectivity index (χ2n) is 9.25. The number of rotatable bonds is 8. The molecule has 198 valence electrons. The molecular weight excluding hydrogens is 534 g/mol. The number of likely N-dealkylation sites (tertiary alicyclic amines) is 1. The van der Waals surface area contributed by atoms with Gasteiger partial charge in [0.15, 0.2) is 15.0 Å². The second-order valence-corrected chi connectivity index (χ2v) is 12.8. The van der Waals surface area contributed by atoms with Crippen molar-refractivity contribution in [3.05, 3.63) is 53.1 Å². The van der Waals surface area contributed by atoms with Gasteiger partial charge in [-0.05, 0) is 83.3 Å². The number of thiazole rings is 1. The highest BCUT2D eigenvalue weighted by molar-refractivity contribution is 7.91. The van der Waals surface area contributed by atoms with Gasteiger partial charge in [0.25, 0.3) is 5.91 Å². The lowest BCUT2D eigenvalue weighted by molar-refractivity contribution is 0.0967. The van der Waals surface area contributed by atoms with E-state index in [4.69, 9.17) is 11.6 Å². The highest BCUT2D eigenvalue weighted by atomic mass is 35.5. The second kappa shape index (κ2) is 11.9. The average molecular weight is 564 g/mol. The molecule has 0 bridgehead atoms. The van der Waals surface area contributed by atoms with Crippen molar-refractivity contribution >= 4 is 60.1 Å². The normalized spacial score (nSPS) is 15.2. The molecule has 2 aromatic carbocycles. The van der Waals surface area contributed by atoms with E-state index >= 15 is 0 Å². The molecule has 1 aromatic heterocycles. The first-order valence-electron chi connectivity index (χ1n) is 12.0. The van der Waals surface area contributed by atoms with E-state index in [0.717, 1.165) is 43.8 Å². The number of amides is 3. The average Bonchev–Trinajstić information content (AvgIpc) is 3.25. The van der Waals surface area contributed by atoms with Crippen LogP contribution in [0.25, 0.3) is 10.2 Å². The molecule has 1 fully saturated rings. The number of aromatic nitrogens is 1. The number of hydrogen-bond acceptors (Lipinski definition) is 8. The quantitative estimate of drug-likeness (QED) is 0.424. The third kappa shape index (κ3) is 7.05. The predicted molar refractivity (Wildman–Crippen MR) is 147 cm³/mol. The molecule has 1 aliphatic rings. The number of urea groups is 1. The molecule has 3 amide bonds. The number of halogens is 1. The first-order chi connectivity index (χ1) is 17.6. The molecule has 0 atom stereocenters. The van der Waals surface area contributed by atoms with Crippen LogP contribution in [-0.4, -0.2) is 80.7 Å². The zero-order valence-corrected chi connectivity index (χ0v) is 23.1. The Balaban J connectivity index is 1.33. The molecule has 12 heteroatoms. The third-order valence-corrected chi connectivity index (χ3v) is 9.52. The zero-order chi connectivity index (χ0) is 26.6. The molecule has 37 heavy (non-hydrogen) atoms. The van der Waals surface area contributed by atoms with Gasteiger partial charge in [0.1, 0.15) is 0 Å². The van der Waals surface area contributed by atoms with E-state index in [9.17, 15) is 18.0 Å². The molecule has 2 N–H and O–H groups in total. The van der Waals surface area contributed by atoms with E-state index < -0.39 is 21.8 Å². The van der Waals surface area contributed by atoms with Crippen LogP contribution >= 0.6 is 22.9 Å². The zero-order valence-electron chi connectivity index (χ0n) is 20.7. The van der Waals surface area contributed by atoms with Crippen molar-refractivity contribution in [1.82, 2.24) is 20.1 Å². The fourth-order valence-electron chi connectivity index (χ4n) is 4.35. The van der Waals surface area contributed by atoms with Crippen molar-refractivity contribution in [2.45, 2.75) is 30.2 Å². The Morgan fingerprint density at radius 2 is 1.89 bits per heavy atom. The molecular formula is C25H30ClN5O4S2. The van der Waals surface area contributed by atoms with E-state index in [1.807, 2.05) is 0 Å². The van der Waals surface area contributed by atoms with E-state index in [1.165, 1.54) is 6.07 Å². The topological polar surface area (TPSA) is 112 Å². The molecule has 2 heterocycles. The Bertz CT molecular complexity index is 1380. The lowest BCUT2D eigenvalue weighted by Gasteiger charge is -2.35. The van der Waals surface area contributed by atoms with Crippen LogP contribution in [0.15, 0.2) is 47.4 Å². The van der Waals surface area contributed by atoms with Gasteiger partial charge in [-0.2, -0.15) is 0 Å². The van der Waals surface area contributed by atoms with Crippen molar-refractivity contribution in [2.24, 2.45) is 0 Å². The van der Waals surface area contributed by atoms with Crippen LogP contribution in [0.5, 0.6) is 0 Å². The number of carbonyl (C=O) groups excluding carboxylic acids is 2. The number of imide groups is 1. The fourth-order valence-corrected chi connectivity index (χ4v) is 6.87. The smallest absolute Gasteiger partial charge is 0.306 e. The summed E-state index contributed by atoms with van der Waals surface area (Å²) in [4.78, 5) is 33.7. The van der Waals surface area contributed by atoms with E-state index in [1.54, 1.807) is 36.4 Å². The monoisotopic (exact) mass is 563 g/mol. The van der Waals surface area contributed by atoms with Crippen molar-refractivity contribution < 1.29 is 18.0 Å². The number of anilines is 1. The van der Waals surface area contributed by atoms with Gasteiger partial charge in [0.2, 0.25) is 0 Å². The number of hydrogen-bond donors (Lipinski definition) is 2. The van der Waals surface area contributed by atoms with Crippen LogP contribution in [-0.2, 0) is 9.84 Å². The Morgan fingerprint density at radius 3 is 2.59 bits per heavy atom.